The van der Waals surface area contributed by atoms with Crippen LogP contribution in [-0.2, 0) is 5.41 Å². The van der Waals surface area contributed by atoms with Crippen LogP contribution >= 0.6 is 0 Å². The minimum absolute atomic E-state index is 0.0953. The van der Waals surface area contributed by atoms with Gasteiger partial charge in [0, 0.05) is 16.8 Å². The zero-order chi connectivity index (χ0) is 40.9. The first-order valence-electron chi connectivity index (χ1n) is 20.7. The summed E-state index contributed by atoms with van der Waals surface area (Å²) in [4.78, 5) is 2.43. The Morgan fingerprint density at radius 2 is 0.807 bits per heavy atom. The highest BCUT2D eigenvalue weighted by Crippen LogP contribution is 2.45. The fourth-order valence-corrected chi connectivity index (χ4v) is 7.38. The van der Waals surface area contributed by atoms with Crippen molar-refractivity contribution in [3.05, 3.63) is 196 Å². The second-order valence-electron chi connectivity index (χ2n) is 17.1. The van der Waals surface area contributed by atoms with Crippen molar-refractivity contribution in [2.45, 2.75) is 93.9 Å². The Kier molecular flexibility index (Phi) is 12.7. The van der Waals surface area contributed by atoms with Crippen molar-refractivity contribution < 1.29 is 0 Å². The first-order valence-corrected chi connectivity index (χ1v) is 20.7. The Morgan fingerprint density at radius 1 is 0.421 bits per heavy atom. The van der Waals surface area contributed by atoms with Crippen LogP contribution in [0.2, 0.25) is 0 Å². The molecule has 0 radical (unpaired) electrons. The predicted molar refractivity (Wildman–Crippen MR) is 252 cm³/mol. The Hall–Kier alpha value is -5.66. The first-order chi connectivity index (χ1) is 27.2. The van der Waals surface area contributed by atoms with Gasteiger partial charge in [-0.2, -0.15) is 0 Å². The van der Waals surface area contributed by atoms with Crippen LogP contribution in [0.15, 0.2) is 152 Å². The fraction of sp³-hybridized carbons (Fsp3) is 0.250. The monoisotopic (exact) mass is 747 g/mol. The van der Waals surface area contributed by atoms with Gasteiger partial charge >= 0.3 is 0 Å². The quantitative estimate of drug-likeness (QED) is 0.159. The SMILES string of the molecule is CCC(C)c1cc2c3ccccc3c(N(c3ccc(C)cc3)c3ccc(C)cc3)cc2c2ccc(C(C)(C)C)cc12.Cc1ccc(C)cc1.Cc1ccc(C)cc1. The Labute approximate surface area is 343 Å². The number of nitrogens with zero attached hydrogens (tertiary/aromatic N) is 1. The third-order valence-electron chi connectivity index (χ3n) is 11.3. The molecular weight excluding hydrogens is 687 g/mol. The summed E-state index contributed by atoms with van der Waals surface area (Å²) in [5, 5.41) is 7.94. The Bertz CT molecular complexity index is 2440. The molecule has 0 heterocycles. The summed E-state index contributed by atoms with van der Waals surface area (Å²) in [6.45, 7) is 24.3. The van der Waals surface area contributed by atoms with Gasteiger partial charge in [0.2, 0.25) is 0 Å². The molecule has 0 saturated heterocycles. The van der Waals surface area contributed by atoms with E-state index in [1.165, 1.54) is 93.9 Å². The molecule has 0 N–H and O–H groups in total. The van der Waals surface area contributed by atoms with Gasteiger partial charge in [-0.15, -0.1) is 0 Å². The summed E-state index contributed by atoms with van der Waals surface area (Å²) < 4.78 is 0. The number of anilines is 3. The predicted octanol–water partition coefficient (Wildman–Crippen LogP) is 16.7. The van der Waals surface area contributed by atoms with Crippen molar-refractivity contribution in [3.63, 3.8) is 0 Å². The van der Waals surface area contributed by atoms with E-state index >= 15 is 0 Å². The van der Waals surface area contributed by atoms with Gasteiger partial charge in [0.25, 0.3) is 0 Å². The van der Waals surface area contributed by atoms with Gasteiger partial charge in [-0.1, -0.05) is 183 Å². The molecule has 8 rings (SSSR count). The third-order valence-corrected chi connectivity index (χ3v) is 11.3. The van der Waals surface area contributed by atoms with E-state index in [1.807, 2.05) is 0 Å². The van der Waals surface area contributed by atoms with E-state index in [2.05, 4.69) is 233 Å². The van der Waals surface area contributed by atoms with E-state index in [4.69, 9.17) is 0 Å². The number of benzene rings is 8. The molecule has 1 nitrogen and oxygen atoms in total. The molecule has 0 aliphatic carbocycles. The Morgan fingerprint density at radius 3 is 1.23 bits per heavy atom. The highest BCUT2D eigenvalue weighted by atomic mass is 15.1. The summed E-state index contributed by atoms with van der Waals surface area (Å²) in [5.74, 6) is 0.479. The molecular formula is C56H61N. The highest BCUT2D eigenvalue weighted by molar-refractivity contribution is 6.22. The van der Waals surface area contributed by atoms with Gasteiger partial charge in [-0.25, -0.2) is 0 Å². The van der Waals surface area contributed by atoms with Crippen LogP contribution in [-0.4, -0.2) is 0 Å². The van der Waals surface area contributed by atoms with E-state index in [-0.39, 0.29) is 5.41 Å². The zero-order valence-electron chi connectivity index (χ0n) is 36.2. The number of hydrogen-bond donors (Lipinski definition) is 0. The minimum atomic E-state index is 0.0953. The van der Waals surface area contributed by atoms with E-state index in [0.29, 0.717) is 5.92 Å². The van der Waals surface area contributed by atoms with E-state index < -0.39 is 0 Å². The molecule has 0 spiro atoms. The van der Waals surface area contributed by atoms with Crippen LogP contribution in [0.4, 0.5) is 17.1 Å². The molecule has 0 aliphatic rings. The lowest BCUT2D eigenvalue weighted by atomic mass is 9.82. The van der Waals surface area contributed by atoms with Crippen molar-refractivity contribution in [1.29, 1.82) is 0 Å². The molecule has 0 bridgehead atoms. The molecule has 1 unspecified atom stereocenters. The molecule has 0 amide bonds. The van der Waals surface area contributed by atoms with Crippen molar-refractivity contribution in [2.75, 3.05) is 4.90 Å². The van der Waals surface area contributed by atoms with Crippen molar-refractivity contribution in [1.82, 2.24) is 0 Å². The maximum absolute atomic E-state index is 2.49. The second-order valence-corrected chi connectivity index (χ2v) is 17.1. The summed E-state index contributed by atoms with van der Waals surface area (Å²) in [6, 6.07) is 55.8. The molecule has 8 aromatic rings. The lowest BCUT2D eigenvalue weighted by Crippen LogP contribution is -2.11. The summed E-state index contributed by atoms with van der Waals surface area (Å²) in [7, 11) is 0. The summed E-state index contributed by atoms with van der Waals surface area (Å²) >= 11 is 0. The molecule has 1 atom stereocenters. The fourth-order valence-electron chi connectivity index (χ4n) is 7.38. The van der Waals surface area contributed by atoms with Crippen molar-refractivity contribution in [2.24, 2.45) is 0 Å². The van der Waals surface area contributed by atoms with Crippen molar-refractivity contribution >= 4 is 49.4 Å². The molecule has 57 heavy (non-hydrogen) atoms. The average molecular weight is 748 g/mol. The first kappa shape index (κ1) is 41.0. The summed E-state index contributed by atoms with van der Waals surface area (Å²) in [6.07, 6.45) is 1.12. The van der Waals surface area contributed by atoms with E-state index in [9.17, 15) is 0 Å². The number of fused-ring (bicyclic) bond motifs is 5. The van der Waals surface area contributed by atoms with Crippen LogP contribution in [0.1, 0.15) is 91.5 Å². The van der Waals surface area contributed by atoms with Crippen LogP contribution in [0.5, 0.6) is 0 Å². The van der Waals surface area contributed by atoms with Crippen LogP contribution < -0.4 is 4.90 Å². The van der Waals surface area contributed by atoms with E-state index in [1.54, 1.807) is 0 Å². The van der Waals surface area contributed by atoms with Gasteiger partial charge in [0.1, 0.15) is 0 Å². The lowest BCUT2D eigenvalue weighted by Gasteiger charge is -2.28. The largest absolute Gasteiger partial charge is 0.310 e. The second kappa shape index (κ2) is 17.6. The molecule has 0 aliphatic heterocycles. The van der Waals surface area contributed by atoms with Gasteiger partial charge in [0.05, 0.1) is 5.69 Å². The molecule has 0 aromatic heterocycles. The van der Waals surface area contributed by atoms with E-state index in [0.717, 1.165) is 6.42 Å². The van der Waals surface area contributed by atoms with Crippen molar-refractivity contribution in [3.8, 4) is 0 Å². The minimum Gasteiger partial charge on any atom is -0.310 e. The molecule has 0 fully saturated rings. The maximum Gasteiger partial charge on any atom is 0.0546 e. The van der Waals surface area contributed by atoms with Crippen LogP contribution in [0, 0.1) is 41.5 Å². The highest BCUT2D eigenvalue weighted by Gasteiger charge is 2.21. The molecule has 1 heteroatoms. The molecule has 8 aromatic carbocycles. The standard InChI is InChI=1S/C40H41N.2C8H10/c1-8-28(4)35-24-37-32-11-9-10-12-34(32)39(25-38(37)33-22-17-29(23-36(33)35)40(5,6)7)41(30-18-13-26(2)14-19-30)31-20-15-27(3)16-21-31;2*1-7-3-5-8(2)6-4-7/h9-25,28H,8H2,1-7H3;2*3-6H,1-2H3. The van der Waals surface area contributed by atoms with Gasteiger partial charge in [0.15, 0.2) is 0 Å². The zero-order valence-corrected chi connectivity index (χ0v) is 36.2. The van der Waals surface area contributed by atoms with Crippen LogP contribution in [0.3, 0.4) is 0 Å². The molecule has 0 saturated carbocycles. The normalized spacial score (nSPS) is 11.8. The number of rotatable bonds is 5. The number of aryl methyl sites for hydroxylation is 6. The molecule has 290 valence electrons. The van der Waals surface area contributed by atoms with Gasteiger partial charge < -0.3 is 4.90 Å². The van der Waals surface area contributed by atoms with Crippen LogP contribution in [0.25, 0.3) is 32.3 Å². The van der Waals surface area contributed by atoms with Gasteiger partial charge in [-0.3, -0.25) is 0 Å². The maximum atomic E-state index is 2.49. The smallest absolute Gasteiger partial charge is 0.0546 e. The lowest BCUT2D eigenvalue weighted by molar-refractivity contribution is 0.591. The van der Waals surface area contributed by atoms with Gasteiger partial charge in [-0.05, 0) is 134 Å². The average Bonchev–Trinajstić information content (AvgIpc) is 3.21. The summed E-state index contributed by atoms with van der Waals surface area (Å²) in [5.41, 5.74) is 14.3. The Balaban J connectivity index is 0.000000284. The third kappa shape index (κ3) is 9.66. The topological polar surface area (TPSA) is 3.24 Å². The number of hydrogen-bond acceptors (Lipinski definition) is 1.